The van der Waals surface area contributed by atoms with Crippen molar-refractivity contribution < 1.29 is 9.16 Å². The maximum absolute atomic E-state index is 6.57. The van der Waals surface area contributed by atoms with Crippen LogP contribution in [0.15, 0.2) is 0 Å². The molecule has 0 amide bonds. The molecule has 9 heteroatoms. The largest absolute Gasteiger partial charge is 0.415 e. The Kier molecular flexibility index (Phi) is 5.89. The Labute approximate surface area is 185 Å². The first kappa shape index (κ1) is 22.0. The fourth-order valence-corrected chi connectivity index (χ4v) is 5.35. The van der Waals surface area contributed by atoms with E-state index in [1.54, 1.807) is 0 Å². The SMILES string of the molecule is Cc1nn(C2CCOC2)c2nc(Cl)nc(N3CCC[C@H]3CO[Si](C)(C)C(C)(C)C)c12. The minimum atomic E-state index is -1.81. The number of hydrogen-bond acceptors (Lipinski definition) is 6. The van der Waals surface area contributed by atoms with Crippen LogP contribution in [0.2, 0.25) is 23.4 Å². The van der Waals surface area contributed by atoms with Crippen molar-refractivity contribution in [2.45, 2.75) is 77.2 Å². The van der Waals surface area contributed by atoms with Crippen LogP contribution in [0.5, 0.6) is 0 Å². The van der Waals surface area contributed by atoms with Gasteiger partial charge in [-0.3, -0.25) is 0 Å². The van der Waals surface area contributed by atoms with Gasteiger partial charge in [0, 0.05) is 13.2 Å². The summed E-state index contributed by atoms with van der Waals surface area (Å²) in [6.07, 6.45) is 3.17. The molecule has 0 N–H and O–H groups in total. The number of anilines is 1. The monoisotopic (exact) mass is 451 g/mol. The van der Waals surface area contributed by atoms with Crippen LogP contribution in [0.1, 0.15) is 51.8 Å². The van der Waals surface area contributed by atoms with Crippen LogP contribution in [-0.2, 0) is 9.16 Å². The summed E-state index contributed by atoms with van der Waals surface area (Å²) in [5, 5.41) is 6.29. The highest BCUT2D eigenvalue weighted by Crippen LogP contribution is 2.38. The molecule has 2 fully saturated rings. The van der Waals surface area contributed by atoms with E-state index in [0.29, 0.717) is 12.6 Å². The van der Waals surface area contributed by atoms with Crippen LogP contribution in [0.4, 0.5) is 5.82 Å². The van der Waals surface area contributed by atoms with Gasteiger partial charge in [0.1, 0.15) is 5.82 Å². The van der Waals surface area contributed by atoms with Gasteiger partial charge in [0.15, 0.2) is 14.0 Å². The lowest BCUT2D eigenvalue weighted by molar-refractivity contribution is 0.185. The van der Waals surface area contributed by atoms with E-state index in [1.807, 2.05) is 11.6 Å². The summed E-state index contributed by atoms with van der Waals surface area (Å²) in [6, 6.07) is 0.502. The van der Waals surface area contributed by atoms with E-state index < -0.39 is 8.32 Å². The normalized spacial score (nSPS) is 23.1. The molecule has 0 spiro atoms. The molecule has 2 aliphatic rings. The molecule has 2 saturated heterocycles. The van der Waals surface area contributed by atoms with Crippen molar-refractivity contribution in [3.05, 3.63) is 11.0 Å². The van der Waals surface area contributed by atoms with Crippen molar-refractivity contribution >= 4 is 36.8 Å². The lowest BCUT2D eigenvalue weighted by Gasteiger charge is -2.38. The fraction of sp³-hybridized carbons (Fsp3) is 0.762. The van der Waals surface area contributed by atoms with E-state index in [0.717, 1.165) is 61.6 Å². The molecular formula is C21H34ClN5O2Si. The van der Waals surface area contributed by atoms with Gasteiger partial charge in [-0.1, -0.05) is 20.8 Å². The third-order valence-electron chi connectivity index (χ3n) is 7.02. The number of aromatic nitrogens is 4. The molecule has 0 radical (unpaired) electrons. The Hall–Kier alpha value is -1.22. The summed E-state index contributed by atoms with van der Waals surface area (Å²) >= 11 is 6.40. The Bertz CT molecular complexity index is 920. The zero-order valence-corrected chi connectivity index (χ0v) is 20.8. The smallest absolute Gasteiger partial charge is 0.226 e. The number of fused-ring (bicyclic) bond motifs is 1. The van der Waals surface area contributed by atoms with Crippen molar-refractivity contribution in [1.82, 2.24) is 19.7 Å². The minimum Gasteiger partial charge on any atom is -0.415 e. The van der Waals surface area contributed by atoms with E-state index in [2.05, 4.69) is 48.7 Å². The highest BCUT2D eigenvalue weighted by atomic mass is 35.5. The molecule has 2 aliphatic heterocycles. The molecule has 0 aliphatic carbocycles. The third-order valence-corrected chi connectivity index (χ3v) is 11.7. The second-order valence-electron chi connectivity index (χ2n) is 10.1. The van der Waals surface area contributed by atoms with Gasteiger partial charge in [0.2, 0.25) is 5.28 Å². The average Bonchev–Trinajstić information content (AvgIpc) is 3.38. The number of hydrogen-bond donors (Lipinski definition) is 0. The maximum atomic E-state index is 6.57. The average molecular weight is 452 g/mol. The Balaban J connectivity index is 1.66. The van der Waals surface area contributed by atoms with E-state index in [4.69, 9.17) is 25.9 Å². The van der Waals surface area contributed by atoms with Crippen molar-refractivity contribution in [3.8, 4) is 0 Å². The summed E-state index contributed by atoms with van der Waals surface area (Å²) in [5.74, 6) is 0.897. The van der Waals surface area contributed by atoms with Crippen LogP contribution in [-0.4, -0.2) is 60.5 Å². The molecule has 2 atom stereocenters. The van der Waals surface area contributed by atoms with Gasteiger partial charge in [-0.15, -0.1) is 0 Å². The zero-order chi connectivity index (χ0) is 21.7. The van der Waals surface area contributed by atoms with Gasteiger partial charge in [0.25, 0.3) is 0 Å². The number of rotatable bonds is 5. The van der Waals surface area contributed by atoms with Gasteiger partial charge in [-0.05, 0) is 55.9 Å². The molecule has 30 heavy (non-hydrogen) atoms. The van der Waals surface area contributed by atoms with Gasteiger partial charge in [-0.2, -0.15) is 15.1 Å². The maximum Gasteiger partial charge on any atom is 0.226 e. The summed E-state index contributed by atoms with van der Waals surface area (Å²) in [4.78, 5) is 11.6. The van der Waals surface area contributed by atoms with E-state index in [1.165, 1.54) is 0 Å². The minimum absolute atomic E-state index is 0.197. The first-order valence-corrected chi connectivity index (χ1v) is 14.3. The predicted molar refractivity (Wildman–Crippen MR) is 123 cm³/mol. The first-order valence-electron chi connectivity index (χ1n) is 11.0. The molecule has 2 aromatic rings. The Morgan fingerprint density at radius 1 is 1.23 bits per heavy atom. The van der Waals surface area contributed by atoms with Crippen LogP contribution >= 0.6 is 11.6 Å². The molecular weight excluding hydrogens is 418 g/mol. The lowest BCUT2D eigenvalue weighted by atomic mass is 10.2. The first-order chi connectivity index (χ1) is 14.1. The van der Waals surface area contributed by atoms with E-state index in [9.17, 15) is 0 Å². The highest BCUT2D eigenvalue weighted by molar-refractivity contribution is 6.74. The molecule has 7 nitrogen and oxygen atoms in total. The molecule has 4 rings (SSSR count). The van der Waals surface area contributed by atoms with Crippen molar-refractivity contribution in [2.75, 3.05) is 31.3 Å². The summed E-state index contributed by atoms with van der Waals surface area (Å²) in [6.45, 7) is 16.6. The van der Waals surface area contributed by atoms with Crippen LogP contribution < -0.4 is 4.90 Å². The second kappa shape index (κ2) is 8.04. The zero-order valence-electron chi connectivity index (χ0n) is 19.0. The number of nitrogens with zero attached hydrogens (tertiary/aromatic N) is 5. The predicted octanol–water partition coefficient (Wildman–Crippen LogP) is 4.74. The quantitative estimate of drug-likeness (QED) is 0.483. The Morgan fingerprint density at radius 3 is 2.67 bits per heavy atom. The van der Waals surface area contributed by atoms with Crippen LogP contribution in [0, 0.1) is 6.92 Å². The van der Waals surface area contributed by atoms with Gasteiger partial charge >= 0.3 is 0 Å². The van der Waals surface area contributed by atoms with Crippen molar-refractivity contribution in [2.24, 2.45) is 0 Å². The molecule has 0 bridgehead atoms. The molecule has 4 heterocycles. The van der Waals surface area contributed by atoms with Crippen LogP contribution in [0.25, 0.3) is 11.0 Å². The topological polar surface area (TPSA) is 65.3 Å². The lowest BCUT2D eigenvalue weighted by Crippen LogP contribution is -2.45. The number of ether oxygens (including phenoxy) is 1. The molecule has 166 valence electrons. The Morgan fingerprint density at radius 2 is 2.00 bits per heavy atom. The highest BCUT2D eigenvalue weighted by Gasteiger charge is 2.39. The third kappa shape index (κ3) is 3.99. The summed E-state index contributed by atoms with van der Waals surface area (Å²) in [7, 11) is -1.81. The van der Waals surface area contributed by atoms with E-state index in [-0.39, 0.29) is 16.4 Å². The van der Waals surface area contributed by atoms with Crippen molar-refractivity contribution in [1.29, 1.82) is 0 Å². The van der Waals surface area contributed by atoms with Crippen LogP contribution in [0.3, 0.4) is 0 Å². The van der Waals surface area contributed by atoms with Gasteiger partial charge < -0.3 is 14.1 Å². The fourth-order valence-electron chi connectivity index (χ4n) is 4.15. The van der Waals surface area contributed by atoms with Gasteiger partial charge in [-0.25, -0.2) is 4.68 Å². The molecule has 2 aromatic heterocycles. The molecule has 0 saturated carbocycles. The second-order valence-corrected chi connectivity index (χ2v) is 15.3. The number of halogens is 1. The number of aryl methyl sites for hydroxylation is 1. The summed E-state index contributed by atoms with van der Waals surface area (Å²) in [5.41, 5.74) is 1.76. The molecule has 0 aromatic carbocycles. The summed E-state index contributed by atoms with van der Waals surface area (Å²) < 4.78 is 14.1. The van der Waals surface area contributed by atoms with Crippen molar-refractivity contribution in [3.63, 3.8) is 0 Å². The van der Waals surface area contributed by atoms with E-state index >= 15 is 0 Å². The van der Waals surface area contributed by atoms with Gasteiger partial charge in [0.05, 0.1) is 36.4 Å². The standard InChI is InChI=1S/C21H34ClN5O2Si/c1-14-17-18(23-20(22)24-19(17)27(25-14)16-9-11-28-12-16)26-10-7-8-15(26)13-29-30(5,6)21(2,3)4/h15-16H,7-13H2,1-6H3/t15-,16?/m0/s1. The molecule has 1 unspecified atom stereocenters.